The number of ketones is 1. The molecule has 0 heterocycles. The largest absolute Gasteiger partial charge is 0.481 e. The lowest BCUT2D eigenvalue weighted by Crippen LogP contribution is -2.74. The van der Waals surface area contributed by atoms with Crippen molar-refractivity contribution in [3.63, 3.8) is 0 Å². The van der Waals surface area contributed by atoms with E-state index in [4.69, 9.17) is 0 Å². The van der Waals surface area contributed by atoms with Gasteiger partial charge in [-0.15, -0.1) is 0 Å². The van der Waals surface area contributed by atoms with Crippen molar-refractivity contribution in [2.75, 3.05) is 0 Å². The van der Waals surface area contributed by atoms with Crippen LogP contribution in [0.5, 0.6) is 0 Å². The first-order chi connectivity index (χ1) is 16.1. The first kappa shape index (κ1) is 25.7. The zero-order chi connectivity index (χ0) is 25.9. The van der Waals surface area contributed by atoms with Gasteiger partial charge in [-0.05, 0) is 92.8 Å². The Hall–Kier alpha value is -0.980. The van der Waals surface area contributed by atoms with Gasteiger partial charge in [0.05, 0.1) is 23.7 Å². The second-order valence-corrected chi connectivity index (χ2v) is 14.5. The van der Waals surface area contributed by atoms with Gasteiger partial charge in [-0.25, -0.2) is 0 Å². The van der Waals surface area contributed by atoms with E-state index < -0.39 is 40.5 Å². The molecule has 198 valence electrons. The molecule has 0 aromatic heterocycles. The molecule has 6 heteroatoms. The summed E-state index contributed by atoms with van der Waals surface area (Å²) in [5.41, 5.74) is -2.74. The average molecular weight is 491 g/mol. The van der Waals surface area contributed by atoms with Gasteiger partial charge in [0.2, 0.25) is 0 Å². The molecule has 5 aliphatic rings. The van der Waals surface area contributed by atoms with E-state index in [1.165, 1.54) is 0 Å². The second kappa shape index (κ2) is 7.54. The standard InChI is InChI=1S/C29H46O6/c1-15(30)16-9-12-29(24(34)35)14-22(33)27(5)17(23(16)29)7-8-18-26(4)11-10-20(31)25(2,3)19(26)13-21(32)28(18,27)6/h16-23,31-33H,7-14H2,1-6H3,(H,34,35)/t16-,17+,18+,19-,20-,21-,22-,23+,26+,27-,28-,29-/m0/s1. The number of hydrogen-bond donors (Lipinski definition) is 4. The molecule has 4 N–H and O–H groups in total. The normalized spacial score (nSPS) is 56.8. The van der Waals surface area contributed by atoms with Gasteiger partial charge in [-0.2, -0.15) is 0 Å². The van der Waals surface area contributed by atoms with Crippen LogP contribution in [0, 0.1) is 56.7 Å². The van der Waals surface area contributed by atoms with Gasteiger partial charge < -0.3 is 20.4 Å². The molecular formula is C29H46O6. The van der Waals surface area contributed by atoms with Gasteiger partial charge in [-0.1, -0.05) is 34.6 Å². The summed E-state index contributed by atoms with van der Waals surface area (Å²) in [6.07, 6.45) is 3.10. The minimum absolute atomic E-state index is 0.0587. The topological polar surface area (TPSA) is 115 Å². The van der Waals surface area contributed by atoms with Crippen LogP contribution in [0.4, 0.5) is 0 Å². The van der Waals surface area contributed by atoms with Gasteiger partial charge in [0, 0.05) is 16.7 Å². The molecule has 0 bridgehead atoms. The number of rotatable bonds is 2. The fourth-order valence-corrected chi connectivity index (χ4v) is 11.4. The summed E-state index contributed by atoms with van der Waals surface area (Å²) in [6.45, 7) is 12.5. The molecule has 35 heavy (non-hydrogen) atoms. The predicted molar refractivity (Wildman–Crippen MR) is 131 cm³/mol. The zero-order valence-electron chi connectivity index (χ0n) is 22.4. The maximum atomic E-state index is 12.8. The smallest absolute Gasteiger partial charge is 0.310 e. The monoisotopic (exact) mass is 490 g/mol. The molecule has 0 amide bonds. The number of aliphatic carboxylic acids is 1. The van der Waals surface area contributed by atoms with Crippen molar-refractivity contribution in [3.05, 3.63) is 0 Å². The third kappa shape index (κ3) is 2.83. The molecule has 0 aromatic rings. The molecule has 0 unspecified atom stereocenters. The SMILES string of the molecule is CC(=O)[C@@H]1CC[C@]2(C(=O)O)C[C@H](O)[C@]3(C)[C@H](CC[C@@H]4[C@@]5(C)CC[C@H](O)C(C)(C)[C@@H]5C[C@H](O)[C@]43C)[C@@H]12. The first-order valence-electron chi connectivity index (χ1n) is 13.9. The van der Waals surface area contributed by atoms with Gasteiger partial charge in [-0.3, -0.25) is 9.59 Å². The number of fused-ring (bicyclic) bond motifs is 7. The minimum Gasteiger partial charge on any atom is -0.481 e. The van der Waals surface area contributed by atoms with Crippen molar-refractivity contribution in [3.8, 4) is 0 Å². The number of aliphatic hydroxyl groups is 3. The number of carboxylic acid groups (broad SMARTS) is 1. The highest BCUT2D eigenvalue weighted by Crippen LogP contribution is 2.77. The third-order valence-corrected chi connectivity index (χ3v) is 13.5. The maximum absolute atomic E-state index is 12.8. The summed E-state index contributed by atoms with van der Waals surface area (Å²) in [4.78, 5) is 25.5. The van der Waals surface area contributed by atoms with E-state index in [1.807, 2.05) is 0 Å². The summed E-state index contributed by atoms with van der Waals surface area (Å²) < 4.78 is 0. The second-order valence-electron chi connectivity index (χ2n) is 14.5. The Balaban J connectivity index is 1.64. The van der Waals surface area contributed by atoms with Crippen molar-refractivity contribution in [1.29, 1.82) is 0 Å². The minimum atomic E-state index is -1.06. The Morgan fingerprint density at radius 1 is 0.771 bits per heavy atom. The molecule has 0 aromatic carbocycles. The Kier molecular flexibility index (Phi) is 5.53. The molecular weight excluding hydrogens is 444 g/mol. The molecule has 6 nitrogen and oxygen atoms in total. The Labute approximate surface area is 209 Å². The van der Waals surface area contributed by atoms with E-state index in [-0.39, 0.29) is 52.6 Å². The fraction of sp³-hybridized carbons (Fsp3) is 0.931. The molecule has 0 aliphatic heterocycles. The van der Waals surface area contributed by atoms with Crippen molar-refractivity contribution >= 4 is 11.8 Å². The van der Waals surface area contributed by atoms with Gasteiger partial charge in [0.1, 0.15) is 5.78 Å². The molecule has 5 saturated carbocycles. The van der Waals surface area contributed by atoms with Crippen LogP contribution in [-0.4, -0.2) is 50.5 Å². The van der Waals surface area contributed by atoms with Gasteiger partial charge in [0.15, 0.2) is 0 Å². The van der Waals surface area contributed by atoms with E-state index in [0.29, 0.717) is 19.3 Å². The van der Waals surface area contributed by atoms with Crippen LogP contribution in [0.3, 0.4) is 0 Å². The molecule has 5 aliphatic carbocycles. The third-order valence-electron chi connectivity index (χ3n) is 13.5. The Bertz CT molecular complexity index is 930. The van der Waals surface area contributed by atoms with E-state index in [1.54, 1.807) is 6.92 Å². The highest BCUT2D eigenvalue weighted by atomic mass is 16.4. The van der Waals surface area contributed by atoms with Crippen LogP contribution in [0.1, 0.15) is 92.9 Å². The van der Waals surface area contributed by atoms with Crippen molar-refractivity contribution in [2.45, 2.75) is 111 Å². The van der Waals surface area contributed by atoms with Crippen LogP contribution in [0.15, 0.2) is 0 Å². The maximum Gasteiger partial charge on any atom is 0.310 e. The number of carbonyl (C=O) groups is 2. The number of Topliss-reactive ketones (excluding diaryl/α,β-unsaturated/α-hetero) is 1. The van der Waals surface area contributed by atoms with Crippen LogP contribution in [0.2, 0.25) is 0 Å². The molecule has 5 fully saturated rings. The zero-order valence-corrected chi connectivity index (χ0v) is 22.4. The number of hydrogen-bond acceptors (Lipinski definition) is 5. The van der Waals surface area contributed by atoms with Crippen molar-refractivity contribution in [1.82, 2.24) is 0 Å². The Morgan fingerprint density at radius 2 is 1.43 bits per heavy atom. The number of carboxylic acids is 1. The van der Waals surface area contributed by atoms with Crippen molar-refractivity contribution in [2.24, 2.45) is 56.7 Å². The summed E-state index contributed by atoms with van der Waals surface area (Å²) in [5, 5.41) is 45.2. The summed E-state index contributed by atoms with van der Waals surface area (Å²) in [6, 6.07) is 0. The summed E-state index contributed by atoms with van der Waals surface area (Å²) in [7, 11) is 0. The highest BCUT2D eigenvalue weighted by molar-refractivity contribution is 5.83. The number of carbonyl (C=O) groups excluding carboxylic acids is 1. The molecule has 0 spiro atoms. The van der Waals surface area contributed by atoms with Gasteiger partial charge >= 0.3 is 5.97 Å². The summed E-state index contributed by atoms with van der Waals surface area (Å²) in [5.74, 6) is -1.22. The first-order valence-corrected chi connectivity index (χ1v) is 13.9. The van der Waals surface area contributed by atoms with Gasteiger partial charge in [0.25, 0.3) is 0 Å². The van der Waals surface area contributed by atoms with Crippen LogP contribution in [0.25, 0.3) is 0 Å². The van der Waals surface area contributed by atoms with E-state index >= 15 is 0 Å². The molecule has 0 saturated heterocycles. The van der Waals surface area contributed by atoms with E-state index in [0.717, 1.165) is 25.7 Å². The van der Waals surface area contributed by atoms with Crippen LogP contribution >= 0.6 is 0 Å². The van der Waals surface area contributed by atoms with Crippen LogP contribution in [-0.2, 0) is 9.59 Å². The van der Waals surface area contributed by atoms with Crippen molar-refractivity contribution < 1.29 is 30.0 Å². The highest BCUT2D eigenvalue weighted by Gasteiger charge is 2.76. The van der Waals surface area contributed by atoms with E-state index in [2.05, 4.69) is 34.6 Å². The lowest BCUT2D eigenvalue weighted by molar-refractivity contribution is -0.306. The fourth-order valence-electron chi connectivity index (χ4n) is 11.4. The molecule has 12 atom stereocenters. The average Bonchev–Trinajstić information content (AvgIpc) is 3.16. The lowest BCUT2D eigenvalue weighted by Gasteiger charge is -2.74. The quantitative estimate of drug-likeness (QED) is 0.464. The number of aliphatic hydroxyl groups excluding tert-OH is 3. The Morgan fingerprint density at radius 3 is 2.03 bits per heavy atom. The van der Waals surface area contributed by atoms with E-state index in [9.17, 15) is 30.0 Å². The van der Waals surface area contributed by atoms with Crippen LogP contribution < -0.4 is 0 Å². The molecule has 0 radical (unpaired) electrons. The summed E-state index contributed by atoms with van der Waals surface area (Å²) >= 11 is 0. The predicted octanol–water partition coefficient (Wildman–Crippen LogP) is 4.04. The molecule has 5 rings (SSSR count). The lowest BCUT2D eigenvalue weighted by atomic mass is 9.31.